The molecule has 1 amide bonds. The SMILES string of the molecule is COCCNCC(=O)NCC(C)(C)SC.Cl. The van der Waals surface area contributed by atoms with Crippen molar-refractivity contribution in [2.24, 2.45) is 0 Å². The largest absolute Gasteiger partial charge is 0.383 e. The van der Waals surface area contributed by atoms with E-state index in [9.17, 15) is 4.79 Å². The van der Waals surface area contributed by atoms with Gasteiger partial charge in [-0.25, -0.2) is 0 Å². The number of rotatable bonds is 8. The van der Waals surface area contributed by atoms with Gasteiger partial charge in [-0.3, -0.25) is 4.79 Å². The van der Waals surface area contributed by atoms with E-state index in [0.29, 0.717) is 26.2 Å². The molecule has 0 saturated heterocycles. The number of halogens is 1. The molecule has 6 heteroatoms. The Bertz CT molecular complexity index is 192. The molecule has 0 aromatic rings. The highest BCUT2D eigenvalue weighted by Gasteiger charge is 2.16. The van der Waals surface area contributed by atoms with Crippen molar-refractivity contribution in [2.75, 3.05) is 39.6 Å². The molecular formula is C10H23ClN2O2S. The fraction of sp³-hybridized carbons (Fsp3) is 0.900. The Kier molecular flexibility index (Phi) is 11.7. The summed E-state index contributed by atoms with van der Waals surface area (Å²) < 4.78 is 4.96. The fourth-order valence-corrected chi connectivity index (χ4v) is 1.04. The molecule has 2 N–H and O–H groups in total. The van der Waals surface area contributed by atoms with Crippen LogP contribution >= 0.6 is 24.2 Å². The number of thioether (sulfide) groups is 1. The van der Waals surface area contributed by atoms with E-state index in [-0.39, 0.29) is 23.1 Å². The Morgan fingerprint density at radius 3 is 2.56 bits per heavy atom. The standard InChI is InChI=1S/C10H22N2O2S.ClH/c1-10(2,15-4)8-12-9(13)7-11-5-6-14-3;/h11H,5-8H2,1-4H3,(H,12,13);1H. The first-order valence-electron chi connectivity index (χ1n) is 5.03. The zero-order valence-corrected chi connectivity index (χ0v) is 12.1. The van der Waals surface area contributed by atoms with Crippen molar-refractivity contribution >= 4 is 30.1 Å². The predicted molar refractivity (Wildman–Crippen MR) is 72.6 cm³/mol. The Morgan fingerprint density at radius 2 is 2.06 bits per heavy atom. The Balaban J connectivity index is 0. The van der Waals surface area contributed by atoms with Crippen LogP contribution in [0.3, 0.4) is 0 Å². The van der Waals surface area contributed by atoms with Crippen molar-refractivity contribution in [2.45, 2.75) is 18.6 Å². The van der Waals surface area contributed by atoms with Crippen LogP contribution in [0.15, 0.2) is 0 Å². The van der Waals surface area contributed by atoms with Gasteiger partial charge in [0.05, 0.1) is 13.2 Å². The maximum atomic E-state index is 11.3. The summed E-state index contributed by atoms with van der Waals surface area (Å²) in [4.78, 5) is 11.3. The summed E-state index contributed by atoms with van der Waals surface area (Å²) in [6, 6.07) is 0. The normalized spacial score (nSPS) is 10.8. The third-order valence-electron chi connectivity index (χ3n) is 2.03. The summed E-state index contributed by atoms with van der Waals surface area (Å²) >= 11 is 1.75. The molecule has 16 heavy (non-hydrogen) atoms. The van der Waals surface area contributed by atoms with E-state index in [1.54, 1.807) is 18.9 Å². The molecule has 0 aliphatic carbocycles. The smallest absolute Gasteiger partial charge is 0.234 e. The number of carbonyl (C=O) groups is 1. The van der Waals surface area contributed by atoms with Crippen molar-refractivity contribution in [3.05, 3.63) is 0 Å². The third-order valence-corrected chi connectivity index (χ3v) is 3.28. The molecule has 0 aliphatic heterocycles. The van der Waals surface area contributed by atoms with Gasteiger partial charge in [-0.15, -0.1) is 12.4 Å². The second-order valence-corrected chi connectivity index (χ2v) is 5.42. The van der Waals surface area contributed by atoms with Gasteiger partial charge in [0.1, 0.15) is 0 Å². The lowest BCUT2D eigenvalue weighted by Gasteiger charge is -2.22. The maximum absolute atomic E-state index is 11.3. The summed E-state index contributed by atoms with van der Waals surface area (Å²) in [5.41, 5.74) is 0. The molecule has 0 aromatic carbocycles. The minimum absolute atomic E-state index is 0. The van der Waals surface area contributed by atoms with Gasteiger partial charge < -0.3 is 15.4 Å². The topological polar surface area (TPSA) is 50.4 Å². The zero-order valence-electron chi connectivity index (χ0n) is 10.5. The van der Waals surface area contributed by atoms with Crippen molar-refractivity contribution in [3.8, 4) is 0 Å². The summed E-state index contributed by atoms with van der Waals surface area (Å²) in [6.07, 6.45) is 2.04. The average molecular weight is 271 g/mol. The molecule has 98 valence electrons. The van der Waals surface area contributed by atoms with E-state index in [1.165, 1.54) is 0 Å². The van der Waals surface area contributed by atoms with Gasteiger partial charge in [0.15, 0.2) is 0 Å². The van der Waals surface area contributed by atoms with E-state index in [2.05, 4.69) is 24.5 Å². The second-order valence-electron chi connectivity index (χ2n) is 3.91. The van der Waals surface area contributed by atoms with Crippen LogP contribution in [0.25, 0.3) is 0 Å². The van der Waals surface area contributed by atoms with Crippen LogP contribution in [0.5, 0.6) is 0 Å². The fourth-order valence-electron chi connectivity index (χ4n) is 0.822. The number of methoxy groups -OCH3 is 1. The van der Waals surface area contributed by atoms with Gasteiger partial charge in [-0.1, -0.05) is 0 Å². The van der Waals surface area contributed by atoms with E-state index in [0.717, 1.165) is 0 Å². The molecule has 0 aromatic heterocycles. The first-order valence-corrected chi connectivity index (χ1v) is 6.26. The van der Waals surface area contributed by atoms with Crippen LogP contribution in [0, 0.1) is 0 Å². The average Bonchev–Trinajstić information content (AvgIpc) is 2.22. The molecule has 0 spiro atoms. The van der Waals surface area contributed by atoms with Gasteiger partial charge in [-0.2, -0.15) is 11.8 Å². The van der Waals surface area contributed by atoms with Gasteiger partial charge in [-0.05, 0) is 20.1 Å². The Hall–Kier alpha value is 0.0300. The highest BCUT2D eigenvalue weighted by atomic mass is 35.5. The van der Waals surface area contributed by atoms with E-state index < -0.39 is 0 Å². The molecule has 0 unspecified atom stereocenters. The predicted octanol–water partition coefficient (Wildman–Crippen LogP) is 0.902. The molecule has 0 aliphatic rings. The summed E-state index contributed by atoms with van der Waals surface area (Å²) in [6.45, 7) is 6.60. The number of amides is 1. The first kappa shape index (κ1) is 18.4. The minimum atomic E-state index is 0. The van der Waals surface area contributed by atoms with Crippen LogP contribution < -0.4 is 10.6 Å². The molecule has 0 atom stereocenters. The molecule has 0 radical (unpaired) electrons. The molecule has 0 bridgehead atoms. The number of hydrogen-bond acceptors (Lipinski definition) is 4. The minimum Gasteiger partial charge on any atom is -0.383 e. The van der Waals surface area contributed by atoms with Crippen LogP contribution in [0.4, 0.5) is 0 Å². The summed E-state index contributed by atoms with van der Waals surface area (Å²) in [5, 5.41) is 5.88. The van der Waals surface area contributed by atoms with Gasteiger partial charge in [0.25, 0.3) is 0 Å². The van der Waals surface area contributed by atoms with Crippen LogP contribution in [0.2, 0.25) is 0 Å². The lowest BCUT2D eigenvalue weighted by molar-refractivity contribution is -0.120. The highest BCUT2D eigenvalue weighted by molar-refractivity contribution is 7.99. The lowest BCUT2D eigenvalue weighted by Crippen LogP contribution is -2.41. The van der Waals surface area contributed by atoms with E-state index in [4.69, 9.17) is 4.74 Å². The quantitative estimate of drug-likeness (QED) is 0.644. The molecule has 0 saturated carbocycles. The lowest BCUT2D eigenvalue weighted by atomic mass is 10.2. The molecule has 0 rings (SSSR count). The summed E-state index contributed by atoms with van der Waals surface area (Å²) in [5.74, 6) is 0.0354. The molecule has 0 fully saturated rings. The highest BCUT2D eigenvalue weighted by Crippen LogP contribution is 2.19. The molecule has 0 heterocycles. The number of ether oxygens (including phenoxy) is 1. The number of carbonyl (C=O) groups excluding carboxylic acids is 1. The monoisotopic (exact) mass is 270 g/mol. The second kappa shape index (κ2) is 10.2. The number of hydrogen-bond donors (Lipinski definition) is 2. The molecular weight excluding hydrogens is 248 g/mol. The maximum Gasteiger partial charge on any atom is 0.234 e. The first-order chi connectivity index (χ1) is 7.02. The van der Waals surface area contributed by atoms with Crippen LogP contribution in [-0.2, 0) is 9.53 Å². The van der Waals surface area contributed by atoms with Crippen LogP contribution in [-0.4, -0.2) is 50.3 Å². The van der Waals surface area contributed by atoms with Crippen molar-refractivity contribution < 1.29 is 9.53 Å². The van der Waals surface area contributed by atoms with E-state index >= 15 is 0 Å². The van der Waals surface area contributed by atoms with Crippen LogP contribution in [0.1, 0.15) is 13.8 Å². The number of nitrogens with one attached hydrogen (secondary N) is 2. The third kappa shape index (κ3) is 10.5. The Labute approximate surface area is 109 Å². The Morgan fingerprint density at radius 1 is 1.44 bits per heavy atom. The van der Waals surface area contributed by atoms with Crippen molar-refractivity contribution in [1.82, 2.24) is 10.6 Å². The van der Waals surface area contributed by atoms with Gasteiger partial charge in [0.2, 0.25) is 5.91 Å². The van der Waals surface area contributed by atoms with Gasteiger partial charge in [0, 0.05) is 24.9 Å². The van der Waals surface area contributed by atoms with E-state index in [1.807, 2.05) is 6.26 Å². The van der Waals surface area contributed by atoms with Crippen molar-refractivity contribution in [1.29, 1.82) is 0 Å². The van der Waals surface area contributed by atoms with Gasteiger partial charge >= 0.3 is 0 Å². The molecule has 4 nitrogen and oxygen atoms in total. The zero-order chi connectivity index (χ0) is 11.7. The van der Waals surface area contributed by atoms with Crippen molar-refractivity contribution in [3.63, 3.8) is 0 Å². The summed E-state index contributed by atoms with van der Waals surface area (Å²) in [7, 11) is 1.64.